The molecule has 3 rings (SSSR count). The molecule has 6 heteroatoms. The molecule has 0 spiro atoms. The van der Waals surface area contributed by atoms with Crippen molar-refractivity contribution in [3.63, 3.8) is 0 Å². The van der Waals surface area contributed by atoms with Gasteiger partial charge in [0.1, 0.15) is 0 Å². The number of fused-ring (bicyclic) bond motifs is 1. The fourth-order valence-corrected chi connectivity index (χ4v) is 10.5. The fourth-order valence-electron chi connectivity index (χ4n) is 3.19. The number of hydrogen-bond donors (Lipinski definition) is 0. The quantitative estimate of drug-likeness (QED) is 0.353. The van der Waals surface area contributed by atoms with Crippen LogP contribution >= 0.6 is 27.4 Å². The van der Waals surface area contributed by atoms with Crippen LogP contribution in [0.15, 0.2) is 23.1 Å². The maximum absolute atomic E-state index is 12.3. The summed E-state index contributed by atoms with van der Waals surface area (Å²) < 4.78 is 12.2. The zero-order chi connectivity index (χ0) is 17.1. The third-order valence-electron chi connectivity index (χ3n) is 4.57. The Bertz CT molecular complexity index is 625. The van der Waals surface area contributed by atoms with Crippen LogP contribution in [-0.4, -0.2) is 30.1 Å². The van der Waals surface area contributed by atoms with Crippen LogP contribution in [0.25, 0.3) is 0 Å². The molecule has 2 aliphatic rings. The third-order valence-corrected chi connectivity index (χ3v) is 14.3. The molecule has 1 aromatic rings. The molecular weight excluding hydrogens is 439 g/mol. The van der Waals surface area contributed by atoms with Gasteiger partial charge in [0, 0.05) is 7.11 Å². The summed E-state index contributed by atoms with van der Waals surface area (Å²) >= 11 is -1.73. The molecule has 0 N–H and O–H groups in total. The summed E-state index contributed by atoms with van der Waals surface area (Å²) in [7, 11) is 3.46. The minimum absolute atomic E-state index is 0.256. The number of hydrogen-bond acceptors (Lipinski definition) is 5. The number of esters is 1. The molecule has 1 aromatic carbocycles. The van der Waals surface area contributed by atoms with Crippen LogP contribution in [0.3, 0.4) is 0 Å². The molecule has 0 unspecified atom stereocenters. The van der Waals surface area contributed by atoms with E-state index in [1.54, 1.807) is 23.0 Å². The van der Waals surface area contributed by atoms with E-state index in [0.29, 0.717) is 24.0 Å². The Morgan fingerprint density at radius 2 is 1.83 bits per heavy atom. The molecule has 0 bridgehead atoms. The zero-order valence-electron chi connectivity index (χ0n) is 14.0. The summed E-state index contributed by atoms with van der Waals surface area (Å²) in [6, 6.07) is 5.65. The summed E-state index contributed by atoms with van der Waals surface area (Å²) in [6.45, 7) is 2.99. The van der Waals surface area contributed by atoms with Crippen molar-refractivity contribution >= 4 is 37.1 Å². The van der Waals surface area contributed by atoms with Gasteiger partial charge >= 0.3 is 146 Å². The van der Waals surface area contributed by atoms with Gasteiger partial charge in [-0.25, -0.2) is 0 Å². The van der Waals surface area contributed by atoms with Gasteiger partial charge in [-0.05, 0) is 0 Å². The summed E-state index contributed by atoms with van der Waals surface area (Å²) in [6.07, 6.45) is 4.50. The van der Waals surface area contributed by atoms with Crippen molar-refractivity contribution in [1.29, 1.82) is 0 Å². The number of ether oxygens (including phenoxy) is 2. The van der Waals surface area contributed by atoms with Crippen molar-refractivity contribution in [3.8, 4) is 0 Å². The Morgan fingerprint density at radius 3 is 2.46 bits per heavy atom. The van der Waals surface area contributed by atoms with Crippen LogP contribution in [0.5, 0.6) is 0 Å². The van der Waals surface area contributed by atoms with E-state index >= 15 is 0 Å². The van der Waals surface area contributed by atoms with Crippen LogP contribution in [0, 0.1) is 15.4 Å². The maximum atomic E-state index is 12.3. The van der Waals surface area contributed by atoms with E-state index in [1.165, 1.54) is 0 Å². The normalized spacial score (nSPS) is 24.0. The van der Waals surface area contributed by atoms with Crippen molar-refractivity contribution < 1.29 is 19.1 Å². The standard InChI is InChI=1S/C18H23IO4S/c1-12(20)19-16-9-15(7-8-17(16)24-19)18(21)23-11-14-5-3-13(4-6-14)10-22-2/h7-9,13-14H,3-6,10-11H2,1-2H3. The Hall–Kier alpha value is -0.600. The van der Waals surface area contributed by atoms with Gasteiger partial charge in [0.15, 0.2) is 0 Å². The van der Waals surface area contributed by atoms with Crippen molar-refractivity contribution in [2.45, 2.75) is 37.5 Å². The topological polar surface area (TPSA) is 52.6 Å². The van der Waals surface area contributed by atoms with E-state index in [2.05, 4.69) is 0 Å². The van der Waals surface area contributed by atoms with Gasteiger partial charge in [0.05, 0.1) is 0 Å². The second-order valence-electron chi connectivity index (χ2n) is 6.38. The molecule has 1 aliphatic heterocycles. The molecule has 4 nitrogen and oxygen atoms in total. The second-order valence-corrected chi connectivity index (χ2v) is 14.5. The predicted octanol–water partition coefficient (Wildman–Crippen LogP) is 4.54. The number of halogens is 1. The molecule has 24 heavy (non-hydrogen) atoms. The summed E-state index contributed by atoms with van der Waals surface area (Å²) in [5.41, 5.74) is 0.589. The van der Waals surface area contributed by atoms with E-state index in [-0.39, 0.29) is 9.76 Å². The monoisotopic (exact) mass is 462 g/mol. The minimum atomic E-state index is -1.73. The Kier molecular flexibility index (Phi) is 6.21. The van der Waals surface area contributed by atoms with Gasteiger partial charge in [-0.3, -0.25) is 0 Å². The first-order valence-corrected chi connectivity index (χ1v) is 13.8. The van der Waals surface area contributed by atoms with Crippen LogP contribution in [0.1, 0.15) is 43.0 Å². The van der Waals surface area contributed by atoms with E-state index in [0.717, 1.165) is 40.8 Å². The van der Waals surface area contributed by atoms with Crippen LogP contribution < -0.4 is 0 Å². The molecule has 132 valence electrons. The van der Waals surface area contributed by atoms with Gasteiger partial charge in [-0.1, -0.05) is 0 Å². The number of benzene rings is 1. The van der Waals surface area contributed by atoms with Crippen LogP contribution in [0.2, 0.25) is 0 Å². The van der Waals surface area contributed by atoms with Gasteiger partial charge in [-0.2, -0.15) is 0 Å². The molecular formula is C18H23IO4S. The SMILES string of the molecule is COCC1CCC(COC(=O)c2ccc3c(c2)I(C(C)=O)S3)CC1. The van der Waals surface area contributed by atoms with E-state index in [1.807, 2.05) is 18.2 Å². The van der Waals surface area contributed by atoms with E-state index in [4.69, 9.17) is 9.47 Å². The Balaban J connectivity index is 1.50. The molecule has 0 aromatic heterocycles. The van der Waals surface area contributed by atoms with Crippen molar-refractivity contribution in [3.05, 3.63) is 27.3 Å². The van der Waals surface area contributed by atoms with Gasteiger partial charge in [-0.15, -0.1) is 0 Å². The Labute approximate surface area is 152 Å². The average Bonchev–Trinajstić information content (AvgIpc) is 2.55. The van der Waals surface area contributed by atoms with Crippen LogP contribution in [0.4, 0.5) is 0 Å². The van der Waals surface area contributed by atoms with E-state index in [9.17, 15) is 9.59 Å². The first kappa shape index (κ1) is 18.2. The van der Waals surface area contributed by atoms with Crippen molar-refractivity contribution in [1.82, 2.24) is 0 Å². The summed E-state index contributed by atoms with van der Waals surface area (Å²) in [4.78, 5) is 25.1. The van der Waals surface area contributed by atoms with Crippen molar-refractivity contribution in [2.24, 2.45) is 11.8 Å². The number of carbonyl (C=O) groups excluding carboxylic acids is 2. The Morgan fingerprint density at radius 1 is 1.17 bits per heavy atom. The summed E-state index contributed by atoms with van der Waals surface area (Å²) in [5.74, 6) is 0.861. The molecule has 1 heterocycles. The zero-order valence-corrected chi connectivity index (χ0v) is 17.0. The van der Waals surface area contributed by atoms with Gasteiger partial charge in [0.25, 0.3) is 0 Å². The fraction of sp³-hybridized carbons (Fsp3) is 0.556. The van der Waals surface area contributed by atoms with Crippen LogP contribution in [-0.2, 0) is 14.3 Å². The molecule has 1 fully saturated rings. The predicted molar refractivity (Wildman–Crippen MR) is 103 cm³/mol. The average molecular weight is 462 g/mol. The molecule has 0 saturated heterocycles. The number of rotatable bonds is 6. The van der Waals surface area contributed by atoms with Gasteiger partial charge < -0.3 is 0 Å². The molecule has 0 amide bonds. The molecule has 0 atom stereocenters. The first-order valence-electron chi connectivity index (χ1n) is 8.27. The van der Waals surface area contributed by atoms with Gasteiger partial charge in [0.2, 0.25) is 0 Å². The molecule has 1 aliphatic carbocycles. The number of methoxy groups -OCH3 is 1. The van der Waals surface area contributed by atoms with Crippen molar-refractivity contribution in [2.75, 3.05) is 20.3 Å². The third kappa shape index (κ3) is 4.14. The second kappa shape index (κ2) is 8.19. The first-order chi connectivity index (χ1) is 11.6. The number of carbonyl (C=O) groups is 2. The molecule has 1 saturated carbocycles. The molecule has 0 radical (unpaired) electrons. The van der Waals surface area contributed by atoms with E-state index < -0.39 is 18.4 Å². The summed E-state index contributed by atoms with van der Waals surface area (Å²) in [5, 5.41) is 0.